The van der Waals surface area contributed by atoms with Crippen LogP contribution in [0.25, 0.3) is 11.0 Å². The van der Waals surface area contributed by atoms with E-state index in [-0.39, 0.29) is 17.7 Å². The number of amides is 2. The topological polar surface area (TPSA) is 97.5 Å². The van der Waals surface area contributed by atoms with Crippen LogP contribution in [-0.4, -0.2) is 92.9 Å². The first-order valence-electron chi connectivity index (χ1n) is 11.7. The summed E-state index contributed by atoms with van der Waals surface area (Å²) >= 11 is 1.93. The molecule has 2 unspecified atom stereocenters. The Morgan fingerprint density at radius 3 is 2.56 bits per heavy atom. The molecule has 2 N–H and O–H groups in total. The lowest BCUT2D eigenvalue weighted by Gasteiger charge is -2.42. The van der Waals surface area contributed by atoms with Crippen LogP contribution >= 0.6 is 11.8 Å². The van der Waals surface area contributed by atoms with E-state index in [1.54, 1.807) is 0 Å². The third kappa shape index (κ3) is 3.83. The molecule has 2 aromatic rings. The van der Waals surface area contributed by atoms with Crippen LogP contribution in [0.2, 0.25) is 0 Å². The number of aromatic amines is 1. The number of H-pyrrole nitrogens is 1. The molecule has 5 heterocycles. The van der Waals surface area contributed by atoms with Gasteiger partial charge >= 0.3 is 0 Å². The lowest BCUT2D eigenvalue weighted by Crippen LogP contribution is -2.57. The molecule has 4 aliphatic rings. The average Bonchev–Trinajstić information content (AvgIpc) is 3.52. The molecule has 0 aromatic carbocycles. The number of anilines is 2. The first-order chi connectivity index (χ1) is 15.7. The predicted octanol–water partition coefficient (Wildman–Crippen LogP) is 1.53. The van der Waals surface area contributed by atoms with Gasteiger partial charge in [0.2, 0.25) is 17.8 Å². The molecule has 32 heavy (non-hydrogen) atoms. The molecule has 2 amide bonds. The van der Waals surface area contributed by atoms with Crippen molar-refractivity contribution in [2.75, 3.05) is 54.4 Å². The lowest BCUT2D eigenvalue weighted by molar-refractivity contribution is -0.133. The fourth-order valence-corrected chi connectivity index (χ4v) is 6.17. The highest BCUT2D eigenvalue weighted by atomic mass is 32.2. The highest BCUT2D eigenvalue weighted by molar-refractivity contribution is 7.99. The lowest BCUT2D eigenvalue weighted by atomic mass is 10.1. The molecule has 4 fully saturated rings. The molecule has 3 saturated heterocycles. The molecule has 10 heteroatoms. The van der Waals surface area contributed by atoms with Gasteiger partial charge in [-0.1, -0.05) is 0 Å². The van der Waals surface area contributed by atoms with Crippen molar-refractivity contribution in [3.63, 3.8) is 0 Å². The Balaban J connectivity index is 1.20. The highest BCUT2D eigenvalue weighted by Crippen LogP contribution is 2.35. The van der Waals surface area contributed by atoms with Crippen molar-refractivity contribution >= 4 is 46.4 Å². The summed E-state index contributed by atoms with van der Waals surface area (Å²) in [6.45, 7) is 3.96. The van der Waals surface area contributed by atoms with E-state index in [0.717, 1.165) is 80.2 Å². The van der Waals surface area contributed by atoms with Gasteiger partial charge in [0.15, 0.2) is 0 Å². The number of nitrogens with one attached hydrogen (secondary N) is 2. The fourth-order valence-electron chi connectivity index (χ4n) is 5.27. The van der Waals surface area contributed by atoms with E-state index in [2.05, 4.69) is 25.1 Å². The zero-order valence-corrected chi connectivity index (χ0v) is 18.9. The van der Waals surface area contributed by atoms with Gasteiger partial charge < -0.3 is 14.8 Å². The number of carbonyl (C=O) groups excluding carboxylic acids is 2. The van der Waals surface area contributed by atoms with Gasteiger partial charge in [-0.3, -0.25) is 19.8 Å². The smallest absolute Gasteiger partial charge is 0.236 e. The molecule has 2 atom stereocenters. The third-order valence-corrected chi connectivity index (χ3v) is 8.14. The van der Waals surface area contributed by atoms with Crippen LogP contribution < -0.4 is 10.2 Å². The summed E-state index contributed by atoms with van der Waals surface area (Å²) in [4.78, 5) is 44.4. The summed E-state index contributed by atoms with van der Waals surface area (Å²) in [5.41, 5.74) is 0.744. The Morgan fingerprint density at radius 2 is 1.84 bits per heavy atom. The predicted molar refractivity (Wildman–Crippen MR) is 125 cm³/mol. The molecule has 1 aliphatic carbocycles. The van der Waals surface area contributed by atoms with Crippen molar-refractivity contribution < 1.29 is 9.59 Å². The monoisotopic (exact) mass is 455 g/mol. The van der Waals surface area contributed by atoms with Gasteiger partial charge in [0.25, 0.3) is 0 Å². The van der Waals surface area contributed by atoms with Crippen LogP contribution in [0.1, 0.15) is 25.7 Å². The number of thioether (sulfide) groups is 1. The number of fused-ring (bicyclic) bond motifs is 3. The minimum atomic E-state index is 0.0152. The first-order valence-corrected chi connectivity index (χ1v) is 12.8. The SMILES string of the molecule is O=C(Nc1nc(N2CC3CCC(C2)N3CC(=O)N2CCSCC2)c2cc[nH]c2n1)C1CC1. The highest BCUT2D eigenvalue weighted by Gasteiger charge is 2.42. The fraction of sp³-hybridized carbons (Fsp3) is 0.636. The van der Waals surface area contributed by atoms with E-state index < -0.39 is 0 Å². The number of aromatic nitrogens is 3. The first kappa shape index (κ1) is 20.3. The average molecular weight is 456 g/mol. The normalized spacial score (nSPS) is 26.0. The van der Waals surface area contributed by atoms with Gasteiger partial charge in [-0.15, -0.1) is 0 Å². The van der Waals surface area contributed by atoms with E-state index in [1.807, 2.05) is 28.9 Å². The van der Waals surface area contributed by atoms with E-state index in [1.165, 1.54) is 0 Å². The quantitative estimate of drug-likeness (QED) is 0.706. The minimum Gasteiger partial charge on any atom is -0.353 e. The van der Waals surface area contributed by atoms with E-state index in [0.29, 0.717) is 24.6 Å². The van der Waals surface area contributed by atoms with Gasteiger partial charge in [-0.25, -0.2) is 0 Å². The van der Waals surface area contributed by atoms with Crippen molar-refractivity contribution in [1.29, 1.82) is 0 Å². The van der Waals surface area contributed by atoms with Gasteiger partial charge in [-0.05, 0) is 31.7 Å². The Labute approximate surface area is 191 Å². The number of rotatable bonds is 5. The maximum Gasteiger partial charge on any atom is 0.236 e. The molecular weight excluding hydrogens is 426 g/mol. The van der Waals surface area contributed by atoms with Crippen molar-refractivity contribution in [2.45, 2.75) is 37.8 Å². The summed E-state index contributed by atoms with van der Waals surface area (Å²) in [7, 11) is 0. The van der Waals surface area contributed by atoms with Crippen molar-refractivity contribution in [1.82, 2.24) is 24.8 Å². The van der Waals surface area contributed by atoms with Crippen LogP contribution in [0.15, 0.2) is 12.3 Å². The summed E-state index contributed by atoms with van der Waals surface area (Å²) < 4.78 is 0. The summed E-state index contributed by atoms with van der Waals surface area (Å²) in [6, 6.07) is 2.71. The van der Waals surface area contributed by atoms with E-state index in [9.17, 15) is 9.59 Å². The van der Waals surface area contributed by atoms with Crippen LogP contribution in [0.4, 0.5) is 11.8 Å². The summed E-state index contributed by atoms with van der Waals surface area (Å²) in [5.74, 6) is 3.74. The van der Waals surface area contributed by atoms with Crippen LogP contribution in [0, 0.1) is 5.92 Å². The van der Waals surface area contributed by atoms with E-state index in [4.69, 9.17) is 4.98 Å². The van der Waals surface area contributed by atoms with Crippen LogP contribution in [0.5, 0.6) is 0 Å². The third-order valence-electron chi connectivity index (χ3n) is 7.19. The molecule has 0 spiro atoms. The standard InChI is InChI=1S/C22H29N7O2S/c30-18(27-7-9-32-10-8-27)13-29-15-3-4-16(29)12-28(11-15)20-17-5-6-23-19(17)24-22(25-20)26-21(31)14-1-2-14/h5-6,14-16H,1-4,7-13H2,(H2,23,24,25,26,31). The number of hydrogen-bond acceptors (Lipinski definition) is 7. The molecule has 9 nitrogen and oxygen atoms in total. The zero-order valence-electron chi connectivity index (χ0n) is 18.1. The van der Waals surface area contributed by atoms with Crippen molar-refractivity contribution in [3.05, 3.63) is 12.3 Å². The van der Waals surface area contributed by atoms with Gasteiger partial charge in [-0.2, -0.15) is 21.7 Å². The molecule has 170 valence electrons. The molecule has 6 rings (SSSR count). The van der Waals surface area contributed by atoms with Crippen LogP contribution in [0.3, 0.4) is 0 Å². The van der Waals surface area contributed by atoms with Gasteiger partial charge in [0.1, 0.15) is 11.5 Å². The van der Waals surface area contributed by atoms with Gasteiger partial charge in [0, 0.05) is 61.9 Å². The Bertz CT molecular complexity index is 1020. The molecular formula is C22H29N7O2S. The number of carbonyl (C=O) groups is 2. The van der Waals surface area contributed by atoms with Gasteiger partial charge in [0.05, 0.1) is 11.9 Å². The molecule has 0 radical (unpaired) electrons. The molecule has 2 aromatic heterocycles. The molecule has 3 aliphatic heterocycles. The molecule has 1 saturated carbocycles. The molecule has 2 bridgehead atoms. The second-order valence-electron chi connectivity index (χ2n) is 9.33. The Hall–Kier alpha value is -2.33. The Kier molecular flexibility index (Phi) is 5.21. The number of nitrogens with zero attached hydrogens (tertiary/aromatic N) is 5. The van der Waals surface area contributed by atoms with Crippen LogP contribution in [-0.2, 0) is 9.59 Å². The second kappa shape index (κ2) is 8.22. The number of piperazine rings is 1. The summed E-state index contributed by atoms with van der Waals surface area (Å²) in [6.07, 6.45) is 5.98. The maximum atomic E-state index is 12.9. The zero-order chi connectivity index (χ0) is 21.7. The largest absolute Gasteiger partial charge is 0.353 e. The summed E-state index contributed by atoms with van der Waals surface area (Å²) in [5, 5.41) is 3.88. The number of hydrogen-bond donors (Lipinski definition) is 2. The minimum absolute atomic E-state index is 0.0152. The second-order valence-corrected chi connectivity index (χ2v) is 10.6. The van der Waals surface area contributed by atoms with Crippen molar-refractivity contribution in [2.24, 2.45) is 5.92 Å². The van der Waals surface area contributed by atoms with Crippen molar-refractivity contribution in [3.8, 4) is 0 Å². The Morgan fingerprint density at radius 1 is 1.09 bits per heavy atom. The van der Waals surface area contributed by atoms with E-state index >= 15 is 0 Å². The maximum absolute atomic E-state index is 12.9.